The zero-order valence-corrected chi connectivity index (χ0v) is 19.5. The van der Waals surface area contributed by atoms with E-state index < -0.39 is 0 Å². The molecule has 148 valence electrons. The highest BCUT2D eigenvalue weighted by Crippen LogP contribution is 2.35. The number of carbonyl (C=O) groups excluding carboxylic acids is 1. The van der Waals surface area contributed by atoms with Gasteiger partial charge >= 0.3 is 0 Å². The molecule has 0 aliphatic carbocycles. The standard InChI is InChI=1S/C20H23BrN4OS2/c1-12-13(2)27-19-17(12)18(22-11-23-19)25-8-6-14(7-9-25)20(26)24(3)10-15-4-5-16(21)28-15/h4-5,11,14H,6-10H2,1-3H3. The Labute approximate surface area is 181 Å². The molecule has 28 heavy (non-hydrogen) atoms. The fourth-order valence-electron chi connectivity index (χ4n) is 3.80. The van der Waals surface area contributed by atoms with Gasteiger partial charge in [0.15, 0.2) is 0 Å². The van der Waals surface area contributed by atoms with Crippen molar-refractivity contribution >= 4 is 60.5 Å². The van der Waals surface area contributed by atoms with Crippen LogP contribution in [0.1, 0.15) is 28.2 Å². The number of piperidine rings is 1. The highest BCUT2D eigenvalue weighted by atomic mass is 79.9. The van der Waals surface area contributed by atoms with Crippen molar-refractivity contribution < 1.29 is 4.79 Å². The van der Waals surface area contributed by atoms with Crippen molar-refractivity contribution in [3.05, 3.63) is 37.6 Å². The lowest BCUT2D eigenvalue weighted by molar-refractivity contribution is -0.135. The minimum atomic E-state index is 0.0901. The molecular formula is C20H23BrN4OS2. The molecule has 1 amide bonds. The maximum absolute atomic E-state index is 12.9. The van der Waals surface area contributed by atoms with Crippen LogP contribution in [0, 0.1) is 19.8 Å². The third-order valence-electron chi connectivity index (χ3n) is 5.49. The van der Waals surface area contributed by atoms with Crippen molar-refractivity contribution in [1.82, 2.24) is 14.9 Å². The molecule has 0 unspecified atom stereocenters. The number of hydrogen-bond donors (Lipinski definition) is 0. The van der Waals surface area contributed by atoms with Crippen molar-refractivity contribution in [2.24, 2.45) is 5.92 Å². The highest BCUT2D eigenvalue weighted by Gasteiger charge is 2.29. The summed E-state index contributed by atoms with van der Waals surface area (Å²) in [4.78, 5) is 29.7. The molecule has 1 aliphatic rings. The van der Waals surface area contributed by atoms with E-state index in [1.165, 1.54) is 20.7 Å². The van der Waals surface area contributed by atoms with E-state index in [2.05, 4.69) is 50.7 Å². The fourth-order valence-corrected chi connectivity index (χ4v) is 6.33. The number of carbonyl (C=O) groups is 1. The van der Waals surface area contributed by atoms with Crippen LogP contribution in [0.3, 0.4) is 0 Å². The second-order valence-electron chi connectivity index (χ2n) is 7.32. The lowest BCUT2D eigenvalue weighted by atomic mass is 9.95. The van der Waals surface area contributed by atoms with Gasteiger partial charge in [0.2, 0.25) is 5.91 Å². The molecule has 0 saturated carbocycles. The number of rotatable bonds is 4. The zero-order chi connectivity index (χ0) is 19.8. The Morgan fingerprint density at radius 3 is 2.68 bits per heavy atom. The van der Waals surface area contributed by atoms with Gasteiger partial charge in [0.05, 0.1) is 15.7 Å². The number of thiophene rings is 2. The first-order valence-electron chi connectivity index (χ1n) is 9.39. The molecule has 1 fully saturated rings. The molecule has 0 N–H and O–H groups in total. The van der Waals surface area contributed by atoms with Crippen molar-refractivity contribution in [3.63, 3.8) is 0 Å². The van der Waals surface area contributed by atoms with Crippen molar-refractivity contribution in [1.29, 1.82) is 0 Å². The molecular weight excluding hydrogens is 456 g/mol. The average Bonchev–Trinajstić information content (AvgIpc) is 3.23. The summed E-state index contributed by atoms with van der Waals surface area (Å²) in [5.74, 6) is 1.36. The first kappa shape index (κ1) is 19.8. The Hall–Kier alpha value is -1.51. The first-order valence-corrected chi connectivity index (χ1v) is 11.8. The summed E-state index contributed by atoms with van der Waals surface area (Å²) in [7, 11) is 1.91. The Bertz CT molecular complexity index is 1010. The lowest BCUT2D eigenvalue weighted by Gasteiger charge is -2.34. The highest BCUT2D eigenvalue weighted by molar-refractivity contribution is 9.11. The van der Waals surface area contributed by atoms with Crippen LogP contribution in [0.5, 0.6) is 0 Å². The van der Waals surface area contributed by atoms with Gasteiger partial charge in [-0.15, -0.1) is 22.7 Å². The van der Waals surface area contributed by atoms with Gasteiger partial charge in [0.25, 0.3) is 0 Å². The summed E-state index contributed by atoms with van der Waals surface area (Å²) in [6, 6.07) is 4.11. The van der Waals surface area contributed by atoms with Gasteiger partial charge in [-0.1, -0.05) is 0 Å². The van der Waals surface area contributed by atoms with Gasteiger partial charge in [-0.2, -0.15) is 0 Å². The maximum atomic E-state index is 12.9. The monoisotopic (exact) mass is 478 g/mol. The van der Waals surface area contributed by atoms with Gasteiger partial charge in [-0.25, -0.2) is 9.97 Å². The fraction of sp³-hybridized carbons (Fsp3) is 0.450. The smallest absolute Gasteiger partial charge is 0.225 e. The predicted octanol–water partition coefficient (Wildman–Crippen LogP) is 5.01. The number of halogens is 1. The van der Waals surface area contributed by atoms with Crippen LogP contribution in [0.15, 0.2) is 22.2 Å². The number of nitrogens with zero attached hydrogens (tertiary/aromatic N) is 4. The minimum absolute atomic E-state index is 0.0901. The number of fused-ring (bicyclic) bond motifs is 1. The molecule has 0 aromatic carbocycles. The van der Waals surface area contributed by atoms with E-state index in [0.29, 0.717) is 6.54 Å². The summed E-state index contributed by atoms with van der Waals surface area (Å²) in [6.07, 6.45) is 3.40. The molecule has 3 aromatic heterocycles. The predicted molar refractivity (Wildman–Crippen MR) is 120 cm³/mol. The molecule has 4 heterocycles. The van der Waals surface area contributed by atoms with Crippen LogP contribution in [0.4, 0.5) is 5.82 Å². The number of aromatic nitrogens is 2. The number of aryl methyl sites for hydroxylation is 2. The van der Waals surface area contributed by atoms with E-state index >= 15 is 0 Å². The van der Waals surface area contributed by atoms with E-state index in [1.807, 2.05) is 18.0 Å². The van der Waals surface area contributed by atoms with E-state index in [4.69, 9.17) is 0 Å². The van der Waals surface area contributed by atoms with Crippen molar-refractivity contribution in [2.75, 3.05) is 25.0 Å². The van der Waals surface area contributed by atoms with Crippen molar-refractivity contribution in [2.45, 2.75) is 33.2 Å². The molecule has 4 rings (SSSR count). The summed E-state index contributed by atoms with van der Waals surface area (Å²) in [5.41, 5.74) is 1.27. The third kappa shape index (κ3) is 3.82. The van der Waals surface area contributed by atoms with Crippen molar-refractivity contribution in [3.8, 4) is 0 Å². The van der Waals surface area contributed by atoms with E-state index in [0.717, 1.165) is 40.4 Å². The van der Waals surface area contributed by atoms with Gasteiger partial charge in [-0.05, 0) is 60.3 Å². The van der Waals surface area contributed by atoms with Gasteiger partial charge in [0.1, 0.15) is 17.0 Å². The normalized spacial score (nSPS) is 15.4. The van der Waals surface area contributed by atoms with Gasteiger partial charge in [0, 0.05) is 35.8 Å². The summed E-state index contributed by atoms with van der Waals surface area (Å²) in [6.45, 7) is 6.67. The number of hydrogen-bond acceptors (Lipinski definition) is 6. The van der Waals surface area contributed by atoms with Crippen LogP contribution >= 0.6 is 38.6 Å². The Kier molecular flexibility index (Phi) is 5.71. The molecule has 0 atom stereocenters. The zero-order valence-electron chi connectivity index (χ0n) is 16.2. The molecule has 1 aliphatic heterocycles. The average molecular weight is 479 g/mol. The number of amides is 1. The van der Waals surface area contributed by atoms with E-state index in [9.17, 15) is 4.79 Å². The second-order valence-corrected chi connectivity index (χ2v) is 11.1. The minimum Gasteiger partial charge on any atom is -0.356 e. The van der Waals surface area contributed by atoms with E-state index in [-0.39, 0.29) is 11.8 Å². The third-order valence-corrected chi connectivity index (χ3v) is 8.21. The SMILES string of the molecule is Cc1sc2ncnc(N3CCC(C(=O)N(C)Cc4ccc(Br)s4)CC3)c2c1C. The molecule has 1 saturated heterocycles. The van der Waals surface area contributed by atoms with E-state index in [1.54, 1.807) is 29.0 Å². The number of anilines is 1. The largest absolute Gasteiger partial charge is 0.356 e. The maximum Gasteiger partial charge on any atom is 0.225 e. The molecule has 0 spiro atoms. The first-order chi connectivity index (χ1) is 13.4. The Balaban J connectivity index is 1.43. The quantitative estimate of drug-likeness (QED) is 0.528. The summed E-state index contributed by atoms with van der Waals surface area (Å²) >= 11 is 6.90. The van der Waals surface area contributed by atoms with Gasteiger partial charge < -0.3 is 9.80 Å². The molecule has 3 aromatic rings. The topological polar surface area (TPSA) is 49.3 Å². The van der Waals surface area contributed by atoms with Crippen LogP contribution in [-0.4, -0.2) is 40.9 Å². The van der Waals surface area contributed by atoms with Crippen LogP contribution in [0.2, 0.25) is 0 Å². The van der Waals surface area contributed by atoms with Crippen LogP contribution in [-0.2, 0) is 11.3 Å². The van der Waals surface area contributed by atoms with Crippen LogP contribution < -0.4 is 4.90 Å². The second kappa shape index (κ2) is 8.08. The lowest BCUT2D eigenvalue weighted by Crippen LogP contribution is -2.41. The van der Waals surface area contributed by atoms with Gasteiger partial charge in [-0.3, -0.25) is 4.79 Å². The summed E-state index contributed by atoms with van der Waals surface area (Å²) in [5, 5.41) is 1.18. The Morgan fingerprint density at radius 1 is 1.25 bits per heavy atom. The Morgan fingerprint density at radius 2 is 2.00 bits per heavy atom. The molecule has 0 radical (unpaired) electrons. The molecule has 0 bridgehead atoms. The summed E-state index contributed by atoms with van der Waals surface area (Å²) < 4.78 is 1.10. The molecule has 5 nitrogen and oxygen atoms in total. The molecule has 8 heteroatoms. The van der Waals surface area contributed by atoms with Crippen LogP contribution in [0.25, 0.3) is 10.2 Å².